The smallest absolute Gasteiger partial charge is 0.257 e. The number of anilines is 2. The van der Waals surface area contributed by atoms with Gasteiger partial charge in [0.1, 0.15) is 0 Å². The number of carbonyl (C=O) groups excluding carboxylic acids is 1. The highest BCUT2D eigenvalue weighted by molar-refractivity contribution is 9.10. The number of hydrazine groups is 1. The molecule has 0 atom stereocenters. The summed E-state index contributed by atoms with van der Waals surface area (Å²) < 4.78 is 0.958. The average molecular weight is 355 g/mol. The third-order valence-electron chi connectivity index (χ3n) is 2.82. The summed E-state index contributed by atoms with van der Waals surface area (Å²) in [5.41, 5.74) is 5.09. The number of benzene rings is 2. The van der Waals surface area contributed by atoms with E-state index in [1.165, 1.54) is 0 Å². The number of nitrogen functional groups attached to an aromatic ring is 1. The molecule has 0 bridgehead atoms. The molecular formula is C14H13BrClN3O. The number of halogens is 2. The van der Waals surface area contributed by atoms with Crippen LogP contribution in [0.4, 0.5) is 11.4 Å². The largest absolute Gasteiger partial charge is 0.323 e. The molecule has 0 spiro atoms. The summed E-state index contributed by atoms with van der Waals surface area (Å²) in [4.78, 5) is 12.3. The first-order valence-electron chi connectivity index (χ1n) is 5.85. The lowest BCUT2D eigenvalue weighted by atomic mass is 10.1. The summed E-state index contributed by atoms with van der Waals surface area (Å²) in [6, 6.07) is 10.5. The molecule has 0 heterocycles. The normalized spacial score (nSPS) is 10.2. The zero-order valence-electron chi connectivity index (χ0n) is 10.7. The van der Waals surface area contributed by atoms with Gasteiger partial charge in [0, 0.05) is 15.2 Å². The average Bonchev–Trinajstić information content (AvgIpc) is 2.41. The van der Waals surface area contributed by atoms with Crippen LogP contribution in [0.2, 0.25) is 5.02 Å². The number of nitrogens with one attached hydrogen (secondary N) is 2. The van der Waals surface area contributed by atoms with Crippen LogP contribution in [-0.2, 0) is 0 Å². The van der Waals surface area contributed by atoms with E-state index in [1.54, 1.807) is 18.2 Å². The summed E-state index contributed by atoms with van der Waals surface area (Å²) in [6.07, 6.45) is 0. The first-order valence-corrected chi connectivity index (χ1v) is 7.02. The van der Waals surface area contributed by atoms with Gasteiger partial charge < -0.3 is 10.7 Å². The van der Waals surface area contributed by atoms with Gasteiger partial charge in [-0.25, -0.2) is 0 Å². The molecule has 6 heteroatoms. The minimum atomic E-state index is -0.272. The van der Waals surface area contributed by atoms with Crippen LogP contribution in [0.1, 0.15) is 15.9 Å². The van der Waals surface area contributed by atoms with E-state index in [2.05, 4.69) is 26.7 Å². The Hall–Kier alpha value is -1.56. The van der Waals surface area contributed by atoms with Crippen LogP contribution >= 0.6 is 27.5 Å². The predicted octanol–water partition coefficient (Wildman–Crippen LogP) is 3.95. The Labute approximate surface area is 130 Å². The fourth-order valence-electron chi connectivity index (χ4n) is 1.79. The first kappa shape index (κ1) is 14.8. The van der Waals surface area contributed by atoms with Gasteiger partial charge in [-0.3, -0.25) is 10.6 Å². The Morgan fingerprint density at radius 1 is 1.20 bits per heavy atom. The van der Waals surface area contributed by atoms with Crippen molar-refractivity contribution in [2.45, 2.75) is 6.92 Å². The summed E-state index contributed by atoms with van der Waals surface area (Å²) in [7, 11) is 0. The quantitative estimate of drug-likeness (QED) is 0.577. The van der Waals surface area contributed by atoms with Gasteiger partial charge in [0.25, 0.3) is 5.91 Å². The summed E-state index contributed by atoms with van der Waals surface area (Å²) in [5, 5.41) is 3.32. The first-order chi connectivity index (χ1) is 9.51. The maximum Gasteiger partial charge on any atom is 0.257 e. The van der Waals surface area contributed by atoms with Gasteiger partial charge in [-0.15, -0.1) is 0 Å². The van der Waals surface area contributed by atoms with Crippen molar-refractivity contribution in [1.82, 2.24) is 0 Å². The summed E-state index contributed by atoms with van der Waals surface area (Å²) in [6.45, 7) is 1.92. The van der Waals surface area contributed by atoms with Crippen molar-refractivity contribution in [3.63, 3.8) is 0 Å². The molecule has 0 aliphatic heterocycles. The van der Waals surface area contributed by atoms with Crippen molar-refractivity contribution in [2.24, 2.45) is 5.84 Å². The maximum absolute atomic E-state index is 12.3. The molecule has 4 N–H and O–H groups in total. The molecule has 2 aromatic carbocycles. The Morgan fingerprint density at radius 3 is 2.55 bits per heavy atom. The molecule has 0 saturated heterocycles. The van der Waals surface area contributed by atoms with Crippen molar-refractivity contribution in [2.75, 3.05) is 10.7 Å². The number of amides is 1. The predicted molar refractivity (Wildman–Crippen MR) is 86.1 cm³/mol. The Balaban J connectivity index is 2.30. The molecule has 2 aromatic rings. The molecule has 0 aliphatic rings. The van der Waals surface area contributed by atoms with E-state index in [0.717, 1.165) is 15.7 Å². The van der Waals surface area contributed by atoms with E-state index in [0.29, 0.717) is 16.3 Å². The van der Waals surface area contributed by atoms with Gasteiger partial charge in [-0.1, -0.05) is 27.5 Å². The van der Waals surface area contributed by atoms with Crippen molar-refractivity contribution >= 4 is 44.8 Å². The molecule has 0 fully saturated rings. The van der Waals surface area contributed by atoms with Gasteiger partial charge in [0.05, 0.1) is 11.3 Å². The van der Waals surface area contributed by atoms with Gasteiger partial charge in [0.2, 0.25) is 0 Å². The molecule has 20 heavy (non-hydrogen) atoms. The molecule has 104 valence electrons. The molecule has 0 aliphatic carbocycles. The molecule has 4 nitrogen and oxygen atoms in total. The molecule has 0 saturated carbocycles. The lowest BCUT2D eigenvalue weighted by molar-refractivity contribution is 0.102. The third kappa shape index (κ3) is 3.30. The van der Waals surface area contributed by atoms with Crippen LogP contribution < -0.4 is 16.6 Å². The SMILES string of the molecule is Cc1cc(Br)ccc1NC(=O)c1cc(Cl)ccc1NN. The van der Waals surface area contributed by atoms with Gasteiger partial charge in [0.15, 0.2) is 0 Å². The Kier molecular flexibility index (Phi) is 4.65. The number of nitrogens with two attached hydrogens (primary N) is 1. The van der Waals surface area contributed by atoms with Crippen LogP contribution in [0.3, 0.4) is 0 Å². The van der Waals surface area contributed by atoms with Crippen LogP contribution in [0, 0.1) is 6.92 Å². The van der Waals surface area contributed by atoms with Gasteiger partial charge >= 0.3 is 0 Å². The number of carbonyl (C=O) groups is 1. The van der Waals surface area contributed by atoms with Crippen LogP contribution in [-0.4, -0.2) is 5.91 Å². The Morgan fingerprint density at radius 2 is 1.90 bits per heavy atom. The molecule has 2 rings (SSSR count). The van der Waals surface area contributed by atoms with E-state index in [9.17, 15) is 4.79 Å². The van der Waals surface area contributed by atoms with E-state index < -0.39 is 0 Å². The van der Waals surface area contributed by atoms with E-state index in [1.807, 2.05) is 25.1 Å². The van der Waals surface area contributed by atoms with E-state index in [4.69, 9.17) is 17.4 Å². The van der Waals surface area contributed by atoms with Gasteiger partial charge in [-0.05, 0) is 48.9 Å². The fraction of sp³-hybridized carbons (Fsp3) is 0.0714. The minimum absolute atomic E-state index is 0.272. The second kappa shape index (κ2) is 6.26. The molecule has 0 aromatic heterocycles. The summed E-state index contributed by atoms with van der Waals surface area (Å²) in [5.74, 6) is 5.13. The van der Waals surface area contributed by atoms with E-state index in [-0.39, 0.29) is 5.91 Å². The highest BCUT2D eigenvalue weighted by Gasteiger charge is 2.13. The highest BCUT2D eigenvalue weighted by atomic mass is 79.9. The zero-order valence-corrected chi connectivity index (χ0v) is 13.0. The standard InChI is InChI=1S/C14H13BrClN3O/c1-8-6-9(15)2-4-12(8)18-14(20)11-7-10(16)3-5-13(11)19-17/h2-7,19H,17H2,1H3,(H,18,20). The molecule has 0 radical (unpaired) electrons. The summed E-state index contributed by atoms with van der Waals surface area (Å²) >= 11 is 9.30. The topological polar surface area (TPSA) is 67.2 Å². The van der Waals surface area contributed by atoms with E-state index >= 15 is 0 Å². The molecule has 0 unspecified atom stereocenters. The van der Waals surface area contributed by atoms with Crippen molar-refractivity contribution in [3.8, 4) is 0 Å². The number of hydrogen-bond donors (Lipinski definition) is 3. The lowest BCUT2D eigenvalue weighted by Crippen LogP contribution is -2.17. The number of aryl methyl sites for hydroxylation is 1. The van der Waals surface area contributed by atoms with Crippen molar-refractivity contribution in [1.29, 1.82) is 0 Å². The molecular weight excluding hydrogens is 342 g/mol. The highest BCUT2D eigenvalue weighted by Crippen LogP contribution is 2.24. The maximum atomic E-state index is 12.3. The Bertz CT molecular complexity index is 661. The van der Waals surface area contributed by atoms with Crippen LogP contribution in [0.15, 0.2) is 40.9 Å². The number of rotatable bonds is 3. The second-order valence-corrected chi connectivity index (χ2v) is 5.60. The zero-order chi connectivity index (χ0) is 14.7. The fourth-order valence-corrected chi connectivity index (χ4v) is 2.43. The van der Waals surface area contributed by atoms with Crippen LogP contribution in [0.5, 0.6) is 0 Å². The number of hydrogen-bond acceptors (Lipinski definition) is 3. The molecule has 1 amide bonds. The minimum Gasteiger partial charge on any atom is -0.323 e. The van der Waals surface area contributed by atoms with Crippen molar-refractivity contribution in [3.05, 3.63) is 57.0 Å². The lowest BCUT2D eigenvalue weighted by Gasteiger charge is -2.12. The third-order valence-corrected chi connectivity index (χ3v) is 3.55. The van der Waals surface area contributed by atoms with Crippen LogP contribution in [0.25, 0.3) is 0 Å². The monoisotopic (exact) mass is 353 g/mol. The van der Waals surface area contributed by atoms with Crippen molar-refractivity contribution < 1.29 is 4.79 Å². The second-order valence-electron chi connectivity index (χ2n) is 4.25. The van der Waals surface area contributed by atoms with Gasteiger partial charge in [-0.2, -0.15) is 0 Å².